The summed E-state index contributed by atoms with van der Waals surface area (Å²) < 4.78 is 8.64. The van der Waals surface area contributed by atoms with Crippen LogP contribution in [0.5, 0.6) is 0 Å². The maximum Gasteiger partial charge on any atom is 0.338 e. The molecule has 0 radical (unpaired) electrons. The van der Waals surface area contributed by atoms with Crippen LogP contribution >= 0.6 is 11.8 Å². The summed E-state index contributed by atoms with van der Waals surface area (Å²) in [5.74, 6) is -0.230. The molecule has 0 spiro atoms. The number of benzene rings is 2. The third kappa shape index (κ3) is 5.19. The van der Waals surface area contributed by atoms with E-state index < -0.39 is 18.0 Å². The molecule has 0 bridgehead atoms. The number of nitrogens with zero attached hydrogens (tertiary/aromatic N) is 4. The van der Waals surface area contributed by atoms with E-state index in [-0.39, 0.29) is 17.8 Å². The molecule has 2 aromatic carbocycles. The molecule has 1 amide bonds. The Morgan fingerprint density at radius 3 is 2.46 bits per heavy atom. The van der Waals surface area contributed by atoms with Gasteiger partial charge in [-0.15, -0.1) is 10.2 Å². The minimum absolute atomic E-state index is 0.205. The molecule has 2 heterocycles. The van der Waals surface area contributed by atoms with E-state index in [1.807, 2.05) is 23.8 Å². The maximum atomic E-state index is 12.7. The number of carbonyl (C=O) groups is 2. The Morgan fingerprint density at radius 2 is 1.80 bits per heavy atom. The number of hydrogen-bond donors (Lipinski definition) is 2. The number of H-pyrrole nitrogens is 1. The summed E-state index contributed by atoms with van der Waals surface area (Å²) in [4.78, 5) is 37.7. The lowest BCUT2D eigenvalue weighted by Crippen LogP contribution is -2.32. The number of anilines is 1. The minimum Gasteiger partial charge on any atom is -0.449 e. The smallest absolute Gasteiger partial charge is 0.338 e. The molecule has 1 unspecified atom stereocenters. The predicted molar refractivity (Wildman–Crippen MR) is 132 cm³/mol. The van der Waals surface area contributed by atoms with Crippen molar-refractivity contribution in [2.75, 3.05) is 11.6 Å². The number of aromatic amines is 1. The highest BCUT2D eigenvalue weighted by molar-refractivity contribution is 7.98. The molecule has 2 aromatic heterocycles. The second kappa shape index (κ2) is 10.4. The van der Waals surface area contributed by atoms with E-state index in [4.69, 9.17) is 4.74 Å². The van der Waals surface area contributed by atoms with Crippen LogP contribution in [0.3, 0.4) is 0 Å². The largest absolute Gasteiger partial charge is 0.449 e. The lowest BCUT2D eigenvalue weighted by Gasteiger charge is -2.16. The van der Waals surface area contributed by atoms with Gasteiger partial charge in [0.1, 0.15) is 11.6 Å². The zero-order valence-electron chi connectivity index (χ0n) is 19.4. The molecule has 0 fully saturated rings. The Balaban J connectivity index is 1.44. The van der Waals surface area contributed by atoms with Gasteiger partial charge in [0.25, 0.3) is 11.5 Å². The first kappa shape index (κ1) is 24.0. The molecule has 10 nitrogen and oxygen atoms in total. The van der Waals surface area contributed by atoms with E-state index in [0.29, 0.717) is 11.3 Å². The number of aryl methyl sites for hydroxylation is 1. The highest BCUT2D eigenvalue weighted by Crippen LogP contribution is 2.20. The number of nitrogens with one attached hydrogen (secondary N) is 2. The summed E-state index contributed by atoms with van der Waals surface area (Å²) in [6.45, 7) is 3.58. The van der Waals surface area contributed by atoms with Crippen molar-refractivity contribution in [1.29, 1.82) is 0 Å². The average molecular weight is 493 g/mol. The van der Waals surface area contributed by atoms with Gasteiger partial charge < -0.3 is 10.1 Å². The third-order valence-electron chi connectivity index (χ3n) is 5.24. The van der Waals surface area contributed by atoms with Gasteiger partial charge in [-0.1, -0.05) is 36.9 Å². The molecule has 0 saturated carbocycles. The summed E-state index contributed by atoms with van der Waals surface area (Å²) in [6, 6.07) is 17.0. The van der Waals surface area contributed by atoms with Crippen molar-refractivity contribution in [3.8, 4) is 11.4 Å². The van der Waals surface area contributed by atoms with Crippen molar-refractivity contribution >= 4 is 29.5 Å². The standard InChI is InChI=1S/C24H24N6O4S/c1-4-19(22(32)25-20-14-21(31)30(28-20)18-8-6-5-7-9-18)34-23(33)16-10-12-17(13-11-16)29-15(2)26-27-24(29)35-3/h5-14,19,28H,4H2,1-3H3,(H,25,32). The fourth-order valence-corrected chi connectivity index (χ4v) is 4.02. The molecule has 35 heavy (non-hydrogen) atoms. The van der Waals surface area contributed by atoms with E-state index in [9.17, 15) is 14.4 Å². The lowest BCUT2D eigenvalue weighted by molar-refractivity contribution is -0.124. The van der Waals surface area contributed by atoms with Crippen LogP contribution in [0.15, 0.2) is 70.6 Å². The molecule has 0 saturated heterocycles. The van der Waals surface area contributed by atoms with Crippen LogP contribution in [-0.4, -0.2) is 48.8 Å². The first-order valence-electron chi connectivity index (χ1n) is 10.9. The molecule has 4 aromatic rings. The van der Waals surface area contributed by atoms with Crippen molar-refractivity contribution < 1.29 is 14.3 Å². The Bertz CT molecular complexity index is 1390. The van der Waals surface area contributed by atoms with Crippen molar-refractivity contribution in [2.45, 2.75) is 31.5 Å². The third-order valence-corrected chi connectivity index (χ3v) is 5.87. The number of para-hydroxylation sites is 1. The molecule has 1 atom stereocenters. The van der Waals surface area contributed by atoms with E-state index in [1.54, 1.807) is 55.5 Å². The van der Waals surface area contributed by atoms with Crippen LogP contribution in [0, 0.1) is 6.92 Å². The first-order chi connectivity index (χ1) is 16.9. The van der Waals surface area contributed by atoms with E-state index >= 15 is 0 Å². The van der Waals surface area contributed by atoms with E-state index in [0.717, 1.165) is 16.7 Å². The van der Waals surface area contributed by atoms with Gasteiger partial charge >= 0.3 is 5.97 Å². The van der Waals surface area contributed by atoms with Gasteiger partial charge in [-0.2, -0.15) is 0 Å². The summed E-state index contributed by atoms with van der Waals surface area (Å²) in [6.07, 6.45) is 1.14. The first-order valence-corrected chi connectivity index (χ1v) is 12.1. The van der Waals surface area contributed by atoms with E-state index in [1.165, 1.54) is 22.5 Å². The number of carbonyl (C=O) groups excluding carboxylic acids is 2. The summed E-state index contributed by atoms with van der Waals surface area (Å²) in [5, 5.41) is 14.4. The molecule has 180 valence electrons. The highest BCUT2D eigenvalue weighted by Gasteiger charge is 2.23. The molecule has 11 heteroatoms. The van der Waals surface area contributed by atoms with Gasteiger partial charge in [-0.05, 0) is 56.0 Å². The molecule has 0 aliphatic rings. The summed E-state index contributed by atoms with van der Waals surface area (Å²) in [7, 11) is 0. The van der Waals surface area contributed by atoms with Crippen LogP contribution in [0.2, 0.25) is 0 Å². The Kier molecular flexibility index (Phi) is 7.16. The van der Waals surface area contributed by atoms with Gasteiger partial charge in [0.2, 0.25) is 0 Å². The molecular formula is C24H24N6O4S. The highest BCUT2D eigenvalue weighted by atomic mass is 32.2. The average Bonchev–Trinajstić information content (AvgIpc) is 3.44. The minimum atomic E-state index is -1.03. The number of esters is 1. The number of rotatable bonds is 8. The van der Waals surface area contributed by atoms with Crippen molar-refractivity contribution in [1.82, 2.24) is 24.5 Å². The monoisotopic (exact) mass is 492 g/mol. The van der Waals surface area contributed by atoms with Gasteiger partial charge in [0, 0.05) is 11.8 Å². The second-order valence-corrected chi connectivity index (χ2v) is 8.36. The van der Waals surface area contributed by atoms with Crippen LogP contribution in [0.4, 0.5) is 5.82 Å². The SMILES string of the molecule is CCC(OC(=O)c1ccc(-n2c(C)nnc2SC)cc1)C(=O)Nc1cc(=O)n(-c2ccccc2)[nH]1. The molecule has 0 aliphatic carbocycles. The van der Waals surface area contributed by atoms with Gasteiger partial charge in [-0.3, -0.25) is 19.3 Å². The normalized spacial score (nSPS) is 11.7. The van der Waals surface area contributed by atoms with Gasteiger partial charge in [0.05, 0.1) is 11.3 Å². The topological polar surface area (TPSA) is 124 Å². The van der Waals surface area contributed by atoms with Crippen molar-refractivity contribution in [3.05, 3.63) is 82.4 Å². The molecule has 0 aliphatic heterocycles. The molecule has 4 rings (SSSR count). The second-order valence-electron chi connectivity index (χ2n) is 7.59. The number of amides is 1. The zero-order valence-corrected chi connectivity index (χ0v) is 20.2. The number of hydrogen-bond acceptors (Lipinski definition) is 7. The Morgan fingerprint density at radius 1 is 1.09 bits per heavy atom. The lowest BCUT2D eigenvalue weighted by atomic mass is 10.2. The molecular weight excluding hydrogens is 468 g/mol. The molecule has 2 N–H and O–H groups in total. The quantitative estimate of drug-likeness (QED) is 0.286. The van der Waals surface area contributed by atoms with E-state index in [2.05, 4.69) is 20.6 Å². The predicted octanol–water partition coefficient (Wildman–Crippen LogP) is 3.35. The number of aromatic nitrogens is 5. The van der Waals surface area contributed by atoms with Crippen molar-refractivity contribution in [2.24, 2.45) is 0 Å². The summed E-state index contributed by atoms with van der Waals surface area (Å²) >= 11 is 1.47. The number of thioether (sulfide) groups is 1. The fraction of sp³-hybridized carbons (Fsp3) is 0.208. The van der Waals surface area contributed by atoms with Crippen LogP contribution in [0.1, 0.15) is 29.5 Å². The van der Waals surface area contributed by atoms with Crippen LogP contribution in [-0.2, 0) is 9.53 Å². The maximum absolute atomic E-state index is 12.7. The fourth-order valence-electron chi connectivity index (χ4n) is 3.48. The Hall–Kier alpha value is -4.12. The zero-order chi connectivity index (χ0) is 24.9. The van der Waals surface area contributed by atoms with Crippen LogP contribution < -0.4 is 10.9 Å². The van der Waals surface area contributed by atoms with Gasteiger partial charge in [-0.25, -0.2) is 9.48 Å². The number of ether oxygens (including phenoxy) is 1. The Labute approximate surface area is 205 Å². The van der Waals surface area contributed by atoms with Gasteiger partial charge in [0.15, 0.2) is 11.3 Å². The van der Waals surface area contributed by atoms with Crippen LogP contribution in [0.25, 0.3) is 11.4 Å². The summed E-state index contributed by atoms with van der Waals surface area (Å²) in [5.41, 5.74) is 1.42. The van der Waals surface area contributed by atoms with Crippen molar-refractivity contribution in [3.63, 3.8) is 0 Å².